The molecule has 2 amide bonds. The monoisotopic (exact) mass is 548 g/mol. The number of aromatic nitrogens is 2. The average Bonchev–Trinajstić information content (AvgIpc) is 3.42. The molecule has 2 aromatic carbocycles. The largest absolute Gasteiger partial charge is 0.497 e. The van der Waals surface area contributed by atoms with Crippen molar-refractivity contribution < 1.29 is 19.1 Å². The van der Waals surface area contributed by atoms with Crippen LogP contribution in [-0.4, -0.2) is 52.2 Å². The van der Waals surface area contributed by atoms with Gasteiger partial charge in [0, 0.05) is 24.0 Å². The number of thioether (sulfide) groups is 1. The maximum Gasteiger partial charge on any atom is 0.250 e. The van der Waals surface area contributed by atoms with Crippen LogP contribution in [0.15, 0.2) is 53.7 Å². The van der Waals surface area contributed by atoms with Gasteiger partial charge in [-0.3, -0.25) is 9.59 Å². The van der Waals surface area contributed by atoms with Crippen LogP contribution in [0.2, 0.25) is 0 Å². The molecule has 1 N–H and O–H groups in total. The molecular weight excluding hydrogens is 512 g/mol. The van der Waals surface area contributed by atoms with Crippen LogP contribution in [0.3, 0.4) is 0 Å². The third-order valence-electron chi connectivity index (χ3n) is 7.08. The summed E-state index contributed by atoms with van der Waals surface area (Å²) in [5.41, 5.74) is 3.37. The SMILES string of the molecule is COc1ccc(NC(=O)C2(N(Cc3ccc(C)cc3)C(=O)CSc3nc(C)cc(C)n3)CCCC2)c(OC)c1. The van der Waals surface area contributed by atoms with Crippen molar-refractivity contribution in [1.82, 2.24) is 14.9 Å². The van der Waals surface area contributed by atoms with Gasteiger partial charge in [-0.05, 0) is 57.4 Å². The van der Waals surface area contributed by atoms with E-state index in [1.54, 1.807) is 37.3 Å². The minimum Gasteiger partial charge on any atom is -0.497 e. The van der Waals surface area contributed by atoms with E-state index in [-0.39, 0.29) is 17.6 Å². The molecular formula is C30H36N4O4S. The number of nitrogens with zero attached hydrogens (tertiary/aromatic N) is 3. The topological polar surface area (TPSA) is 93.7 Å². The average molecular weight is 549 g/mol. The number of benzene rings is 2. The molecule has 1 aromatic heterocycles. The summed E-state index contributed by atoms with van der Waals surface area (Å²) in [5, 5.41) is 3.63. The van der Waals surface area contributed by atoms with E-state index in [0.29, 0.717) is 41.7 Å². The van der Waals surface area contributed by atoms with Crippen molar-refractivity contribution in [3.05, 3.63) is 71.0 Å². The summed E-state index contributed by atoms with van der Waals surface area (Å²) in [4.78, 5) is 38.8. The lowest BCUT2D eigenvalue weighted by atomic mass is 9.92. The van der Waals surface area contributed by atoms with Gasteiger partial charge in [-0.1, -0.05) is 54.4 Å². The number of aryl methyl sites for hydroxylation is 3. The Morgan fingerprint density at radius 2 is 1.62 bits per heavy atom. The van der Waals surface area contributed by atoms with Gasteiger partial charge in [0.1, 0.15) is 17.0 Å². The second kappa shape index (κ2) is 12.5. The van der Waals surface area contributed by atoms with Crippen LogP contribution >= 0.6 is 11.8 Å². The lowest BCUT2D eigenvalue weighted by Gasteiger charge is -2.40. The van der Waals surface area contributed by atoms with E-state index in [1.807, 2.05) is 51.1 Å². The molecule has 1 aliphatic rings. The molecule has 206 valence electrons. The maximum atomic E-state index is 14.1. The predicted octanol–water partition coefficient (Wildman–Crippen LogP) is 5.49. The number of nitrogens with one attached hydrogen (secondary N) is 1. The molecule has 0 unspecified atom stereocenters. The van der Waals surface area contributed by atoms with Gasteiger partial charge in [-0.15, -0.1) is 0 Å². The molecule has 1 fully saturated rings. The first-order valence-corrected chi connectivity index (χ1v) is 14.1. The predicted molar refractivity (Wildman–Crippen MR) is 153 cm³/mol. The lowest BCUT2D eigenvalue weighted by molar-refractivity contribution is -0.144. The highest BCUT2D eigenvalue weighted by Crippen LogP contribution is 2.39. The van der Waals surface area contributed by atoms with Gasteiger partial charge in [0.15, 0.2) is 5.16 Å². The molecule has 1 heterocycles. The molecule has 0 bridgehead atoms. The van der Waals surface area contributed by atoms with Crippen LogP contribution in [-0.2, 0) is 16.1 Å². The van der Waals surface area contributed by atoms with Crippen molar-refractivity contribution in [3.8, 4) is 11.5 Å². The number of amides is 2. The van der Waals surface area contributed by atoms with E-state index >= 15 is 0 Å². The fourth-order valence-electron chi connectivity index (χ4n) is 5.04. The Kier molecular flexibility index (Phi) is 9.12. The second-order valence-electron chi connectivity index (χ2n) is 9.95. The first kappa shape index (κ1) is 28.4. The molecule has 4 rings (SSSR count). The summed E-state index contributed by atoms with van der Waals surface area (Å²) in [6.45, 7) is 6.19. The van der Waals surface area contributed by atoms with E-state index < -0.39 is 5.54 Å². The van der Waals surface area contributed by atoms with Gasteiger partial charge >= 0.3 is 0 Å². The molecule has 0 radical (unpaired) electrons. The number of hydrogen-bond acceptors (Lipinski definition) is 7. The zero-order valence-corrected chi connectivity index (χ0v) is 24.1. The number of carbonyl (C=O) groups is 2. The molecule has 39 heavy (non-hydrogen) atoms. The Hall–Kier alpha value is -3.59. The zero-order chi connectivity index (χ0) is 28.0. The minimum absolute atomic E-state index is 0.123. The van der Waals surface area contributed by atoms with Crippen LogP contribution in [0.5, 0.6) is 11.5 Å². The third-order valence-corrected chi connectivity index (χ3v) is 7.91. The Morgan fingerprint density at radius 1 is 0.949 bits per heavy atom. The molecule has 0 spiro atoms. The van der Waals surface area contributed by atoms with Crippen molar-refractivity contribution in [2.45, 2.75) is 63.7 Å². The smallest absolute Gasteiger partial charge is 0.250 e. The lowest BCUT2D eigenvalue weighted by Crippen LogP contribution is -2.57. The second-order valence-corrected chi connectivity index (χ2v) is 10.9. The van der Waals surface area contributed by atoms with Gasteiger partial charge in [0.2, 0.25) is 11.8 Å². The standard InChI is InChI=1S/C30H36N4O4S/c1-20-8-10-23(11-9-20)18-34(27(35)19-39-29-31-21(2)16-22(3)32-29)30(14-6-7-15-30)28(36)33-25-13-12-24(37-4)17-26(25)38-5/h8-13,16-17H,6-7,14-15,18-19H2,1-5H3,(H,33,36). The quantitative estimate of drug-likeness (QED) is 0.264. The van der Waals surface area contributed by atoms with Gasteiger partial charge in [-0.25, -0.2) is 9.97 Å². The van der Waals surface area contributed by atoms with Crippen LogP contribution in [0, 0.1) is 20.8 Å². The highest BCUT2D eigenvalue weighted by molar-refractivity contribution is 7.99. The van der Waals surface area contributed by atoms with Crippen LogP contribution in [0.25, 0.3) is 0 Å². The Labute approximate surface area is 234 Å². The van der Waals surface area contributed by atoms with E-state index in [9.17, 15) is 9.59 Å². The summed E-state index contributed by atoms with van der Waals surface area (Å²) in [7, 11) is 3.13. The molecule has 0 atom stereocenters. The van der Waals surface area contributed by atoms with Gasteiger partial charge < -0.3 is 19.7 Å². The van der Waals surface area contributed by atoms with Crippen LogP contribution < -0.4 is 14.8 Å². The molecule has 1 aliphatic carbocycles. The number of carbonyl (C=O) groups excluding carboxylic acids is 2. The Bertz CT molecular complexity index is 1300. The van der Waals surface area contributed by atoms with Gasteiger partial charge in [0.05, 0.1) is 25.7 Å². The number of hydrogen-bond donors (Lipinski definition) is 1. The summed E-state index contributed by atoms with van der Waals surface area (Å²) in [6.07, 6.45) is 2.88. The fraction of sp³-hybridized carbons (Fsp3) is 0.400. The number of anilines is 1. The number of ether oxygens (including phenoxy) is 2. The molecule has 0 aliphatic heterocycles. The summed E-state index contributed by atoms with van der Waals surface area (Å²) < 4.78 is 10.8. The van der Waals surface area contributed by atoms with E-state index in [2.05, 4.69) is 15.3 Å². The third kappa shape index (κ3) is 6.71. The highest BCUT2D eigenvalue weighted by Gasteiger charge is 2.48. The van der Waals surface area contributed by atoms with E-state index in [1.165, 1.54) is 11.8 Å². The van der Waals surface area contributed by atoms with Crippen molar-refractivity contribution in [1.29, 1.82) is 0 Å². The number of methoxy groups -OCH3 is 2. The molecule has 8 nitrogen and oxygen atoms in total. The summed E-state index contributed by atoms with van der Waals surface area (Å²) >= 11 is 1.30. The van der Waals surface area contributed by atoms with Crippen LogP contribution in [0.4, 0.5) is 5.69 Å². The van der Waals surface area contributed by atoms with Crippen molar-refractivity contribution in [2.75, 3.05) is 25.3 Å². The Morgan fingerprint density at radius 3 is 2.23 bits per heavy atom. The normalized spacial score (nSPS) is 14.1. The number of rotatable bonds is 10. The van der Waals surface area contributed by atoms with Crippen molar-refractivity contribution in [3.63, 3.8) is 0 Å². The molecule has 9 heteroatoms. The van der Waals surface area contributed by atoms with E-state index in [0.717, 1.165) is 35.4 Å². The summed E-state index contributed by atoms with van der Waals surface area (Å²) in [6, 6.07) is 15.3. The Balaban J connectivity index is 1.65. The fourth-order valence-corrected chi connectivity index (χ4v) is 5.86. The zero-order valence-electron chi connectivity index (χ0n) is 23.2. The highest BCUT2D eigenvalue weighted by atomic mass is 32.2. The van der Waals surface area contributed by atoms with E-state index in [4.69, 9.17) is 9.47 Å². The van der Waals surface area contributed by atoms with Crippen LogP contribution in [0.1, 0.15) is 48.2 Å². The van der Waals surface area contributed by atoms with Gasteiger partial charge in [-0.2, -0.15) is 0 Å². The maximum absolute atomic E-state index is 14.1. The molecule has 0 saturated heterocycles. The van der Waals surface area contributed by atoms with Crippen molar-refractivity contribution in [2.24, 2.45) is 0 Å². The first-order valence-electron chi connectivity index (χ1n) is 13.1. The summed E-state index contributed by atoms with van der Waals surface area (Å²) in [5.74, 6) is 0.922. The van der Waals surface area contributed by atoms with Gasteiger partial charge in [0.25, 0.3) is 0 Å². The molecule has 1 saturated carbocycles. The van der Waals surface area contributed by atoms with Crippen molar-refractivity contribution >= 4 is 29.3 Å². The molecule has 3 aromatic rings. The minimum atomic E-state index is -0.989. The first-order chi connectivity index (χ1) is 18.7.